The molecule has 8 nitrogen and oxygen atoms in total. The van der Waals surface area contributed by atoms with E-state index in [0.29, 0.717) is 5.56 Å². The fourth-order valence-corrected chi connectivity index (χ4v) is 4.32. The van der Waals surface area contributed by atoms with Gasteiger partial charge in [0.25, 0.3) is 5.91 Å². The third-order valence-electron chi connectivity index (χ3n) is 6.30. The van der Waals surface area contributed by atoms with Crippen molar-refractivity contribution < 1.29 is 45.9 Å². The third kappa shape index (κ3) is 7.55. The second-order valence-electron chi connectivity index (χ2n) is 11.4. The van der Waals surface area contributed by atoms with Crippen molar-refractivity contribution in [3.8, 4) is 0 Å². The van der Waals surface area contributed by atoms with E-state index in [1.54, 1.807) is 45.0 Å². The first-order chi connectivity index (χ1) is 18.2. The Balaban J connectivity index is 2.61. The standard InChI is InChI=1S/C27H36F5N3O5/c1-14(2)19(34-24(39)40-25(5,6)7)23(38)35(20(15(3)4)21(36)26(28,29)27(30,31)32)22(37)18-12-16-10-8-9-11-17(16)13-33-18/h8-11,14-15,18-20,33H,12-13H2,1-7H3,(H,34,39)/t18?,19-,20?/m0/s1. The van der Waals surface area contributed by atoms with Crippen LogP contribution in [0.3, 0.4) is 0 Å². The molecule has 13 heteroatoms. The van der Waals surface area contributed by atoms with Crippen LogP contribution >= 0.6 is 0 Å². The molecule has 3 atom stereocenters. The normalized spacial score (nSPS) is 17.6. The van der Waals surface area contributed by atoms with E-state index >= 15 is 0 Å². The Bertz CT molecular complexity index is 1110. The fourth-order valence-electron chi connectivity index (χ4n) is 4.32. The minimum atomic E-state index is -6.26. The molecule has 2 N–H and O–H groups in total. The summed E-state index contributed by atoms with van der Waals surface area (Å²) in [5.41, 5.74) is 0.540. The molecule has 0 fully saturated rings. The maximum absolute atomic E-state index is 14.4. The van der Waals surface area contributed by atoms with Crippen LogP contribution in [0.4, 0.5) is 26.7 Å². The van der Waals surface area contributed by atoms with Gasteiger partial charge in [0.1, 0.15) is 17.7 Å². The summed E-state index contributed by atoms with van der Waals surface area (Å²) in [6.07, 6.45) is -7.35. The summed E-state index contributed by atoms with van der Waals surface area (Å²) in [6.45, 7) is 10.0. The highest BCUT2D eigenvalue weighted by molar-refractivity contribution is 6.06. The number of hydrogen-bond donors (Lipinski definition) is 2. The number of hydrogen-bond acceptors (Lipinski definition) is 6. The Kier molecular flexibility index (Phi) is 10.1. The second kappa shape index (κ2) is 12.2. The topological polar surface area (TPSA) is 105 Å². The molecule has 2 unspecified atom stereocenters. The number of amides is 3. The van der Waals surface area contributed by atoms with E-state index in [1.165, 1.54) is 13.8 Å². The molecule has 2 rings (SSSR count). The molecule has 1 aromatic rings. The first kappa shape index (κ1) is 33.1. The number of alkyl carbamates (subject to hydrolysis) is 1. The van der Waals surface area contributed by atoms with Gasteiger partial charge >= 0.3 is 18.2 Å². The van der Waals surface area contributed by atoms with E-state index in [9.17, 15) is 41.1 Å². The number of nitrogens with one attached hydrogen (secondary N) is 2. The van der Waals surface area contributed by atoms with Crippen molar-refractivity contribution >= 4 is 23.7 Å². The summed E-state index contributed by atoms with van der Waals surface area (Å²) in [5.74, 6) is -13.1. The molecule has 0 aromatic heterocycles. The number of imide groups is 1. The number of carbonyl (C=O) groups is 4. The number of halogens is 5. The molecule has 1 aliphatic rings. The molecule has 40 heavy (non-hydrogen) atoms. The van der Waals surface area contributed by atoms with Gasteiger partial charge in [-0.2, -0.15) is 22.0 Å². The highest BCUT2D eigenvalue weighted by Gasteiger charge is 2.66. The lowest BCUT2D eigenvalue weighted by Crippen LogP contribution is -2.65. The van der Waals surface area contributed by atoms with Crippen molar-refractivity contribution in [3.63, 3.8) is 0 Å². The lowest BCUT2D eigenvalue weighted by atomic mass is 9.89. The van der Waals surface area contributed by atoms with Crippen molar-refractivity contribution in [2.75, 3.05) is 0 Å². The zero-order valence-corrected chi connectivity index (χ0v) is 23.5. The number of alkyl halides is 5. The van der Waals surface area contributed by atoms with Gasteiger partial charge in [-0.3, -0.25) is 19.3 Å². The number of rotatable bonds is 8. The summed E-state index contributed by atoms with van der Waals surface area (Å²) in [7, 11) is 0. The molecular formula is C27H36F5N3O5. The maximum atomic E-state index is 14.4. The second-order valence-corrected chi connectivity index (χ2v) is 11.4. The SMILES string of the molecule is CC(C)C(C(=O)C(F)(F)C(F)(F)F)N(C(=O)C1Cc2ccccc2CN1)C(=O)[C@@H](NC(=O)OC(C)(C)C)C(C)C. The van der Waals surface area contributed by atoms with Gasteiger partial charge in [-0.1, -0.05) is 52.0 Å². The fraction of sp³-hybridized carbons (Fsp3) is 0.630. The molecule has 0 bridgehead atoms. The van der Waals surface area contributed by atoms with Gasteiger partial charge in [0.05, 0.1) is 6.04 Å². The summed E-state index contributed by atoms with van der Waals surface area (Å²) in [4.78, 5) is 53.2. The van der Waals surface area contributed by atoms with Crippen molar-refractivity contribution in [3.05, 3.63) is 35.4 Å². The van der Waals surface area contributed by atoms with Crippen molar-refractivity contribution in [1.82, 2.24) is 15.5 Å². The average Bonchev–Trinajstić information content (AvgIpc) is 2.82. The summed E-state index contributed by atoms with van der Waals surface area (Å²) in [6, 6.07) is 1.67. The van der Waals surface area contributed by atoms with Crippen molar-refractivity contribution in [2.24, 2.45) is 11.8 Å². The van der Waals surface area contributed by atoms with Crippen LogP contribution in [0.1, 0.15) is 59.6 Å². The molecule has 0 spiro atoms. The maximum Gasteiger partial charge on any atom is 0.461 e. The van der Waals surface area contributed by atoms with Gasteiger partial charge in [0.15, 0.2) is 0 Å². The van der Waals surface area contributed by atoms with Crippen LogP contribution in [0.25, 0.3) is 0 Å². The number of benzene rings is 1. The Morgan fingerprint density at radius 2 is 1.50 bits per heavy atom. The Labute approximate surface area is 230 Å². The predicted octanol–water partition coefficient (Wildman–Crippen LogP) is 4.40. The Morgan fingerprint density at radius 3 is 1.98 bits per heavy atom. The Hall–Kier alpha value is -3.09. The molecule has 3 amide bonds. The molecule has 0 aliphatic carbocycles. The smallest absolute Gasteiger partial charge is 0.444 e. The van der Waals surface area contributed by atoms with Crippen LogP contribution in [0, 0.1) is 11.8 Å². The van der Waals surface area contributed by atoms with Gasteiger partial charge in [-0.25, -0.2) is 4.79 Å². The van der Waals surface area contributed by atoms with Crippen LogP contribution in [-0.2, 0) is 32.1 Å². The first-order valence-corrected chi connectivity index (χ1v) is 12.8. The average molecular weight is 578 g/mol. The summed E-state index contributed by atoms with van der Waals surface area (Å²) < 4.78 is 73.7. The largest absolute Gasteiger partial charge is 0.461 e. The number of fused-ring (bicyclic) bond motifs is 1. The molecule has 0 saturated heterocycles. The van der Waals surface area contributed by atoms with Crippen molar-refractivity contribution in [2.45, 2.75) is 97.3 Å². The number of Topliss-reactive ketones (excluding diaryl/α,β-unsaturated/α-hetero) is 1. The van der Waals surface area contributed by atoms with E-state index in [0.717, 1.165) is 19.4 Å². The minimum Gasteiger partial charge on any atom is -0.444 e. The molecule has 0 saturated carbocycles. The van der Waals surface area contributed by atoms with Crippen molar-refractivity contribution in [1.29, 1.82) is 0 Å². The first-order valence-electron chi connectivity index (χ1n) is 12.8. The number of ketones is 1. The molecule has 1 aliphatic heterocycles. The number of carbonyl (C=O) groups excluding carboxylic acids is 4. The highest BCUT2D eigenvalue weighted by Crippen LogP contribution is 2.39. The third-order valence-corrected chi connectivity index (χ3v) is 6.30. The van der Waals surface area contributed by atoms with E-state index in [-0.39, 0.29) is 17.9 Å². The van der Waals surface area contributed by atoms with E-state index in [1.807, 2.05) is 0 Å². The van der Waals surface area contributed by atoms with Gasteiger partial charge in [0.2, 0.25) is 11.7 Å². The van der Waals surface area contributed by atoms with Crippen LogP contribution < -0.4 is 10.6 Å². The monoisotopic (exact) mass is 577 g/mol. The number of nitrogens with zero attached hydrogens (tertiary/aromatic N) is 1. The minimum absolute atomic E-state index is 0.0146. The van der Waals surface area contributed by atoms with Crippen LogP contribution in [-0.4, -0.2) is 64.4 Å². The van der Waals surface area contributed by atoms with Crippen LogP contribution in [0.15, 0.2) is 24.3 Å². The zero-order valence-electron chi connectivity index (χ0n) is 23.5. The molecule has 0 radical (unpaired) electrons. The summed E-state index contributed by atoms with van der Waals surface area (Å²) in [5, 5.41) is 5.16. The number of ether oxygens (including phenoxy) is 1. The molecule has 1 aromatic carbocycles. The van der Waals surface area contributed by atoms with Gasteiger partial charge in [-0.15, -0.1) is 0 Å². The molecule has 224 valence electrons. The van der Waals surface area contributed by atoms with E-state index in [4.69, 9.17) is 4.74 Å². The van der Waals surface area contributed by atoms with Gasteiger partial charge in [-0.05, 0) is 50.2 Å². The highest BCUT2D eigenvalue weighted by atomic mass is 19.4. The van der Waals surface area contributed by atoms with Gasteiger partial charge < -0.3 is 15.4 Å². The quantitative estimate of drug-likeness (QED) is 0.444. The lowest BCUT2D eigenvalue weighted by Gasteiger charge is -2.39. The van der Waals surface area contributed by atoms with Crippen LogP contribution in [0.2, 0.25) is 0 Å². The molecule has 1 heterocycles. The summed E-state index contributed by atoms with van der Waals surface area (Å²) >= 11 is 0. The zero-order chi connectivity index (χ0) is 30.8. The van der Waals surface area contributed by atoms with E-state index < -0.39 is 71.4 Å². The van der Waals surface area contributed by atoms with E-state index in [2.05, 4.69) is 10.6 Å². The van der Waals surface area contributed by atoms with Crippen LogP contribution in [0.5, 0.6) is 0 Å². The Morgan fingerprint density at radius 1 is 0.950 bits per heavy atom. The van der Waals surface area contributed by atoms with Gasteiger partial charge in [0, 0.05) is 6.54 Å². The predicted molar refractivity (Wildman–Crippen MR) is 135 cm³/mol. The molecular weight excluding hydrogens is 541 g/mol. The lowest BCUT2D eigenvalue weighted by molar-refractivity contribution is -0.271.